The largest absolute Gasteiger partial charge is 0.494 e. The van der Waals surface area contributed by atoms with E-state index in [9.17, 15) is 4.79 Å². The fraction of sp³-hybridized carbons (Fsp3) is 0.333. The van der Waals surface area contributed by atoms with Gasteiger partial charge in [0.1, 0.15) is 18.1 Å². The van der Waals surface area contributed by atoms with E-state index in [0.29, 0.717) is 18.8 Å². The first-order chi connectivity index (χ1) is 14.6. The minimum atomic E-state index is -0.274. The molecule has 2 aromatic carbocycles. The molecule has 0 saturated heterocycles. The number of ether oxygens (including phenoxy) is 2. The maximum Gasteiger partial charge on any atom is 0.257 e. The van der Waals surface area contributed by atoms with E-state index in [1.807, 2.05) is 24.3 Å². The van der Waals surface area contributed by atoms with Crippen molar-refractivity contribution in [3.63, 3.8) is 0 Å². The molecular weight excluding hydrogens is 396 g/mol. The summed E-state index contributed by atoms with van der Waals surface area (Å²) in [5, 5.41) is 5.89. The predicted molar refractivity (Wildman–Crippen MR) is 127 cm³/mol. The molecule has 0 atom stereocenters. The van der Waals surface area contributed by atoms with Crippen molar-refractivity contribution < 1.29 is 14.3 Å². The molecule has 0 saturated carbocycles. The van der Waals surface area contributed by atoms with Crippen molar-refractivity contribution in [1.82, 2.24) is 5.32 Å². The number of hydrogen-bond donors (Lipinski definition) is 2. The molecule has 0 heterocycles. The van der Waals surface area contributed by atoms with Gasteiger partial charge in [-0.3, -0.25) is 10.1 Å². The molecule has 30 heavy (non-hydrogen) atoms. The van der Waals surface area contributed by atoms with Crippen LogP contribution in [0.5, 0.6) is 11.5 Å². The average molecular weight is 427 g/mol. The molecule has 2 N–H and O–H groups in total. The number of benzene rings is 2. The van der Waals surface area contributed by atoms with E-state index in [-0.39, 0.29) is 11.0 Å². The molecule has 0 unspecified atom stereocenters. The number of amides is 1. The number of nitrogens with one attached hydrogen (secondary N) is 2. The standard InChI is InChI=1S/C24H30N2O3S/c1-3-5-6-7-8-18-29-21-13-9-19(10-14-21)23(27)26-24(30)25-20-11-15-22(16-12-20)28-17-4-2/h4,9-16H,2-3,5-8,17-18H2,1H3,(H2,25,26,27,30). The smallest absolute Gasteiger partial charge is 0.257 e. The van der Waals surface area contributed by atoms with Crippen molar-refractivity contribution in [3.8, 4) is 11.5 Å². The average Bonchev–Trinajstić information content (AvgIpc) is 2.76. The van der Waals surface area contributed by atoms with E-state index in [2.05, 4.69) is 24.1 Å². The Labute approximate surface area is 184 Å². The molecule has 6 heteroatoms. The summed E-state index contributed by atoms with van der Waals surface area (Å²) in [4.78, 5) is 12.4. The number of carbonyl (C=O) groups excluding carboxylic acids is 1. The molecule has 0 aromatic heterocycles. The Bertz CT molecular complexity index is 804. The van der Waals surface area contributed by atoms with E-state index in [4.69, 9.17) is 21.7 Å². The Morgan fingerprint density at radius 3 is 2.27 bits per heavy atom. The number of unbranched alkanes of at least 4 members (excludes halogenated alkanes) is 4. The second-order valence-electron chi connectivity index (χ2n) is 6.82. The summed E-state index contributed by atoms with van der Waals surface area (Å²) >= 11 is 5.23. The summed E-state index contributed by atoms with van der Waals surface area (Å²) in [5.74, 6) is 1.23. The van der Waals surface area contributed by atoms with E-state index in [1.165, 1.54) is 25.7 Å². The first-order valence-electron chi connectivity index (χ1n) is 10.3. The van der Waals surface area contributed by atoms with Crippen molar-refractivity contribution in [2.24, 2.45) is 0 Å². The maximum atomic E-state index is 12.4. The number of thiocarbonyl (C=S) groups is 1. The third kappa shape index (κ3) is 8.66. The van der Waals surface area contributed by atoms with Crippen LogP contribution in [0.2, 0.25) is 0 Å². The second kappa shape index (κ2) is 13.4. The molecule has 5 nitrogen and oxygen atoms in total. The highest BCUT2D eigenvalue weighted by Gasteiger charge is 2.08. The number of carbonyl (C=O) groups is 1. The first-order valence-corrected chi connectivity index (χ1v) is 10.7. The zero-order valence-corrected chi connectivity index (χ0v) is 18.3. The summed E-state index contributed by atoms with van der Waals surface area (Å²) in [7, 11) is 0. The molecule has 0 spiro atoms. The molecule has 0 radical (unpaired) electrons. The molecule has 0 aliphatic rings. The van der Waals surface area contributed by atoms with Crippen LogP contribution in [0, 0.1) is 0 Å². The summed E-state index contributed by atoms with van der Waals surface area (Å²) in [6.45, 7) is 6.96. The number of anilines is 1. The van der Waals surface area contributed by atoms with Gasteiger partial charge in [0, 0.05) is 11.3 Å². The quantitative estimate of drug-likeness (QED) is 0.258. The van der Waals surface area contributed by atoms with Crippen LogP contribution in [0.4, 0.5) is 5.69 Å². The highest BCUT2D eigenvalue weighted by atomic mass is 32.1. The van der Waals surface area contributed by atoms with Crippen LogP contribution in [0.1, 0.15) is 49.4 Å². The Morgan fingerprint density at radius 1 is 0.967 bits per heavy atom. The van der Waals surface area contributed by atoms with E-state index < -0.39 is 0 Å². The predicted octanol–water partition coefficient (Wildman–Crippen LogP) is 5.73. The summed E-state index contributed by atoms with van der Waals surface area (Å²) in [5.41, 5.74) is 1.27. The van der Waals surface area contributed by atoms with Crippen LogP contribution in [-0.2, 0) is 0 Å². The van der Waals surface area contributed by atoms with Gasteiger partial charge in [0.2, 0.25) is 0 Å². The van der Waals surface area contributed by atoms with Crippen LogP contribution in [0.25, 0.3) is 0 Å². The van der Waals surface area contributed by atoms with Crippen molar-refractivity contribution in [2.75, 3.05) is 18.5 Å². The van der Waals surface area contributed by atoms with Crippen molar-refractivity contribution >= 4 is 28.9 Å². The van der Waals surface area contributed by atoms with Gasteiger partial charge in [-0.2, -0.15) is 0 Å². The SMILES string of the molecule is C=CCOc1ccc(NC(=S)NC(=O)c2ccc(OCCCCCCC)cc2)cc1. The summed E-state index contributed by atoms with van der Waals surface area (Å²) in [6.07, 6.45) is 7.67. The molecule has 0 aliphatic heterocycles. The van der Waals surface area contributed by atoms with Gasteiger partial charge in [-0.15, -0.1) is 0 Å². The zero-order valence-electron chi connectivity index (χ0n) is 17.5. The Morgan fingerprint density at radius 2 is 1.60 bits per heavy atom. The van der Waals surface area contributed by atoms with Gasteiger partial charge >= 0.3 is 0 Å². The molecule has 2 aromatic rings. The third-order valence-corrected chi connectivity index (χ3v) is 4.54. The Kier molecular flexibility index (Phi) is 10.4. The van der Waals surface area contributed by atoms with Gasteiger partial charge in [0.25, 0.3) is 5.91 Å². The van der Waals surface area contributed by atoms with Crippen LogP contribution in [0.15, 0.2) is 61.2 Å². The van der Waals surface area contributed by atoms with Crippen molar-refractivity contribution in [2.45, 2.75) is 39.0 Å². The molecule has 2 rings (SSSR count). The van der Waals surface area contributed by atoms with Crippen LogP contribution < -0.4 is 20.1 Å². The normalized spacial score (nSPS) is 10.2. The van der Waals surface area contributed by atoms with E-state index in [0.717, 1.165) is 23.6 Å². The van der Waals surface area contributed by atoms with Crippen LogP contribution in [-0.4, -0.2) is 24.2 Å². The lowest BCUT2D eigenvalue weighted by molar-refractivity contribution is 0.0977. The lowest BCUT2D eigenvalue weighted by Crippen LogP contribution is -2.34. The Hall–Kier alpha value is -2.86. The number of rotatable bonds is 12. The van der Waals surface area contributed by atoms with Gasteiger partial charge in [-0.1, -0.05) is 45.3 Å². The van der Waals surface area contributed by atoms with Gasteiger partial charge in [0.15, 0.2) is 5.11 Å². The topological polar surface area (TPSA) is 59.6 Å². The first kappa shape index (κ1) is 23.4. The minimum Gasteiger partial charge on any atom is -0.494 e. The second-order valence-corrected chi connectivity index (χ2v) is 7.23. The van der Waals surface area contributed by atoms with Crippen molar-refractivity contribution in [1.29, 1.82) is 0 Å². The molecular formula is C24H30N2O3S. The van der Waals surface area contributed by atoms with Gasteiger partial charge in [-0.25, -0.2) is 0 Å². The highest BCUT2D eigenvalue weighted by Crippen LogP contribution is 2.16. The van der Waals surface area contributed by atoms with E-state index in [1.54, 1.807) is 30.3 Å². The number of hydrogen-bond acceptors (Lipinski definition) is 4. The minimum absolute atomic E-state index is 0.229. The third-order valence-electron chi connectivity index (χ3n) is 4.34. The molecule has 0 bridgehead atoms. The van der Waals surface area contributed by atoms with Gasteiger partial charge < -0.3 is 14.8 Å². The Balaban J connectivity index is 1.75. The monoisotopic (exact) mass is 426 g/mol. The molecule has 160 valence electrons. The zero-order chi connectivity index (χ0) is 21.6. The molecule has 1 amide bonds. The lowest BCUT2D eigenvalue weighted by Gasteiger charge is -2.11. The fourth-order valence-electron chi connectivity index (χ4n) is 2.73. The van der Waals surface area contributed by atoms with Gasteiger partial charge in [0.05, 0.1) is 6.61 Å². The summed E-state index contributed by atoms with van der Waals surface area (Å²) in [6, 6.07) is 14.4. The fourth-order valence-corrected chi connectivity index (χ4v) is 2.94. The lowest BCUT2D eigenvalue weighted by atomic mass is 10.2. The molecule has 0 fully saturated rings. The van der Waals surface area contributed by atoms with Crippen LogP contribution >= 0.6 is 12.2 Å². The summed E-state index contributed by atoms with van der Waals surface area (Å²) < 4.78 is 11.2. The highest BCUT2D eigenvalue weighted by molar-refractivity contribution is 7.80. The molecule has 0 aliphatic carbocycles. The van der Waals surface area contributed by atoms with Crippen LogP contribution in [0.3, 0.4) is 0 Å². The van der Waals surface area contributed by atoms with Crippen molar-refractivity contribution in [3.05, 3.63) is 66.7 Å². The van der Waals surface area contributed by atoms with E-state index >= 15 is 0 Å². The maximum absolute atomic E-state index is 12.4. The van der Waals surface area contributed by atoms with Gasteiger partial charge in [-0.05, 0) is 67.2 Å².